The normalized spacial score (nSPS) is 27.2. The van der Waals surface area contributed by atoms with Crippen molar-refractivity contribution in [1.82, 2.24) is 4.90 Å². The molecular weight excluding hydrogens is 256 g/mol. The van der Waals surface area contributed by atoms with E-state index in [4.69, 9.17) is 9.94 Å². The standard InChI is InChI=1S/C15H18N2O3/c1-10-9-17(7-6-12(10)16-19)15(18)14-8-11-4-2-3-5-13(11)20-14/h2-5,10,14,19H,6-9H2,1H3/b16-12+. The van der Waals surface area contributed by atoms with Crippen molar-refractivity contribution in [2.75, 3.05) is 13.1 Å². The number of rotatable bonds is 1. The highest BCUT2D eigenvalue weighted by Gasteiger charge is 2.35. The molecule has 1 saturated heterocycles. The van der Waals surface area contributed by atoms with Gasteiger partial charge in [0.15, 0.2) is 6.10 Å². The second-order valence-corrected chi connectivity index (χ2v) is 5.44. The van der Waals surface area contributed by atoms with Gasteiger partial charge < -0.3 is 14.8 Å². The molecule has 2 aliphatic rings. The second-order valence-electron chi connectivity index (χ2n) is 5.44. The number of nitrogens with zero attached hydrogens (tertiary/aromatic N) is 2. The van der Waals surface area contributed by atoms with Crippen LogP contribution in [0.4, 0.5) is 0 Å². The summed E-state index contributed by atoms with van der Waals surface area (Å²) in [6.07, 6.45) is 0.858. The largest absolute Gasteiger partial charge is 0.480 e. The topological polar surface area (TPSA) is 62.1 Å². The summed E-state index contributed by atoms with van der Waals surface area (Å²) in [6, 6.07) is 7.77. The third kappa shape index (κ3) is 2.24. The Bertz CT molecular complexity index is 531. The Morgan fingerprint density at radius 2 is 2.25 bits per heavy atom. The number of benzene rings is 1. The molecule has 5 nitrogen and oxygen atoms in total. The first-order valence-electron chi connectivity index (χ1n) is 6.93. The van der Waals surface area contributed by atoms with Gasteiger partial charge in [-0.1, -0.05) is 30.3 Å². The molecule has 0 spiro atoms. The maximum atomic E-state index is 12.5. The van der Waals surface area contributed by atoms with Crippen LogP contribution in [-0.2, 0) is 11.2 Å². The number of oxime groups is 1. The van der Waals surface area contributed by atoms with Crippen molar-refractivity contribution in [1.29, 1.82) is 0 Å². The maximum absolute atomic E-state index is 12.5. The van der Waals surface area contributed by atoms with E-state index in [1.807, 2.05) is 36.1 Å². The lowest BCUT2D eigenvalue weighted by Gasteiger charge is -2.32. The summed E-state index contributed by atoms with van der Waals surface area (Å²) in [5.74, 6) is 0.944. The van der Waals surface area contributed by atoms with Crippen molar-refractivity contribution < 1.29 is 14.7 Å². The van der Waals surface area contributed by atoms with Crippen LogP contribution < -0.4 is 4.74 Å². The lowest BCUT2D eigenvalue weighted by molar-refractivity contribution is -0.138. The van der Waals surface area contributed by atoms with Gasteiger partial charge in [0.25, 0.3) is 5.91 Å². The minimum absolute atomic E-state index is 0.0324. The van der Waals surface area contributed by atoms with Crippen molar-refractivity contribution in [3.8, 4) is 5.75 Å². The molecule has 1 amide bonds. The fourth-order valence-electron chi connectivity index (χ4n) is 2.90. The Balaban J connectivity index is 1.67. The van der Waals surface area contributed by atoms with Crippen molar-refractivity contribution in [2.24, 2.45) is 11.1 Å². The van der Waals surface area contributed by atoms with Crippen LogP contribution in [0.2, 0.25) is 0 Å². The molecule has 106 valence electrons. The molecule has 2 unspecified atom stereocenters. The minimum Gasteiger partial charge on any atom is -0.480 e. The quantitative estimate of drug-likeness (QED) is 0.626. The van der Waals surface area contributed by atoms with Gasteiger partial charge in [-0.25, -0.2) is 0 Å². The van der Waals surface area contributed by atoms with Gasteiger partial charge in [-0.3, -0.25) is 4.79 Å². The van der Waals surface area contributed by atoms with E-state index in [1.165, 1.54) is 0 Å². The molecule has 1 fully saturated rings. The minimum atomic E-state index is -0.410. The van der Waals surface area contributed by atoms with Gasteiger partial charge in [-0.15, -0.1) is 0 Å². The van der Waals surface area contributed by atoms with E-state index in [1.54, 1.807) is 0 Å². The number of piperidine rings is 1. The molecule has 0 bridgehead atoms. The summed E-state index contributed by atoms with van der Waals surface area (Å²) in [6.45, 7) is 3.16. The van der Waals surface area contributed by atoms with E-state index >= 15 is 0 Å². The predicted molar refractivity (Wildman–Crippen MR) is 74.1 cm³/mol. The van der Waals surface area contributed by atoms with Gasteiger partial charge in [0.2, 0.25) is 0 Å². The van der Waals surface area contributed by atoms with Crippen LogP contribution in [-0.4, -0.2) is 40.9 Å². The number of amides is 1. The number of carbonyl (C=O) groups is 1. The Morgan fingerprint density at radius 1 is 1.45 bits per heavy atom. The fourth-order valence-corrected chi connectivity index (χ4v) is 2.90. The van der Waals surface area contributed by atoms with Crippen molar-refractivity contribution in [3.63, 3.8) is 0 Å². The highest BCUT2D eigenvalue weighted by atomic mass is 16.5. The van der Waals surface area contributed by atoms with Gasteiger partial charge in [-0.2, -0.15) is 0 Å². The predicted octanol–water partition coefficient (Wildman–Crippen LogP) is 1.69. The number of ether oxygens (including phenoxy) is 1. The monoisotopic (exact) mass is 274 g/mol. The van der Waals surface area contributed by atoms with E-state index in [0.29, 0.717) is 25.9 Å². The molecule has 20 heavy (non-hydrogen) atoms. The summed E-state index contributed by atoms with van der Waals surface area (Å²) in [7, 11) is 0. The molecular formula is C15H18N2O3. The van der Waals surface area contributed by atoms with E-state index in [2.05, 4.69) is 5.16 Å². The maximum Gasteiger partial charge on any atom is 0.264 e. The number of fused-ring (bicyclic) bond motifs is 1. The fraction of sp³-hybridized carbons (Fsp3) is 0.467. The summed E-state index contributed by atoms with van der Waals surface area (Å²) < 4.78 is 5.74. The van der Waals surface area contributed by atoms with E-state index in [-0.39, 0.29) is 11.8 Å². The molecule has 0 aromatic heterocycles. The molecule has 2 aliphatic heterocycles. The van der Waals surface area contributed by atoms with Crippen molar-refractivity contribution >= 4 is 11.6 Å². The number of para-hydroxylation sites is 1. The van der Waals surface area contributed by atoms with Gasteiger partial charge in [0.05, 0.1) is 5.71 Å². The zero-order chi connectivity index (χ0) is 14.1. The molecule has 5 heteroatoms. The van der Waals surface area contributed by atoms with Crippen LogP contribution in [0, 0.1) is 5.92 Å². The number of likely N-dealkylation sites (tertiary alicyclic amines) is 1. The third-order valence-electron chi connectivity index (χ3n) is 4.06. The molecule has 1 aromatic rings. The summed E-state index contributed by atoms with van der Waals surface area (Å²) in [4.78, 5) is 14.3. The molecule has 2 heterocycles. The van der Waals surface area contributed by atoms with Crippen LogP contribution in [0.25, 0.3) is 0 Å². The Labute approximate surface area is 117 Å². The molecule has 0 saturated carbocycles. The Kier molecular flexibility index (Phi) is 3.34. The molecule has 2 atom stereocenters. The number of hydrogen-bond donors (Lipinski definition) is 1. The van der Waals surface area contributed by atoms with Crippen LogP contribution >= 0.6 is 0 Å². The first-order chi connectivity index (χ1) is 9.69. The highest BCUT2D eigenvalue weighted by Crippen LogP contribution is 2.29. The van der Waals surface area contributed by atoms with Crippen LogP contribution in [0.3, 0.4) is 0 Å². The average Bonchev–Trinajstić information content (AvgIpc) is 2.90. The number of carbonyl (C=O) groups excluding carboxylic acids is 1. The lowest BCUT2D eigenvalue weighted by atomic mass is 9.97. The van der Waals surface area contributed by atoms with Gasteiger partial charge in [-0.05, 0) is 11.6 Å². The molecule has 0 aliphatic carbocycles. The zero-order valence-electron chi connectivity index (χ0n) is 11.5. The molecule has 3 rings (SSSR count). The molecule has 1 aromatic carbocycles. The zero-order valence-corrected chi connectivity index (χ0v) is 11.5. The lowest BCUT2D eigenvalue weighted by Crippen LogP contribution is -2.48. The van der Waals surface area contributed by atoms with Gasteiger partial charge in [0, 0.05) is 31.8 Å². The second kappa shape index (κ2) is 5.15. The SMILES string of the molecule is CC1CN(C(=O)C2Cc3ccccc3O2)CC/C1=N\O. The van der Waals surface area contributed by atoms with Crippen molar-refractivity contribution in [2.45, 2.75) is 25.9 Å². The average molecular weight is 274 g/mol. The van der Waals surface area contributed by atoms with Crippen molar-refractivity contribution in [3.05, 3.63) is 29.8 Å². The van der Waals surface area contributed by atoms with Gasteiger partial charge >= 0.3 is 0 Å². The first kappa shape index (κ1) is 13.0. The Hall–Kier alpha value is -2.04. The van der Waals surface area contributed by atoms with E-state index < -0.39 is 6.10 Å². The summed E-state index contributed by atoms with van der Waals surface area (Å²) in [5.41, 5.74) is 1.86. The summed E-state index contributed by atoms with van der Waals surface area (Å²) in [5, 5.41) is 12.2. The molecule has 1 N–H and O–H groups in total. The number of hydrogen-bond acceptors (Lipinski definition) is 4. The van der Waals surface area contributed by atoms with Crippen LogP contribution in [0.1, 0.15) is 18.9 Å². The smallest absolute Gasteiger partial charge is 0.264 e. The summed E-state index contributed by atoms with van der Waals surface area (Å²) >= 11 is 0. The first-order valence-corrected chi connectivity index (χ1v) is 6.93. The van der Waals surface area contributed by atoms with E-state index in [9.17, 15) is 4.79 Å². The van der Waals surface area contributed by atoms with Crippen LogP contribution in [0.15, 0.2) is 29.4 Å². The third-order valence-corrected chi connectivity index (χ3v) is 4.06. The molecule has 0 radical (unpaired) electrons. The Morgan fingerprint density at radius 3 is 2.95 bits per heavy atom. The highest BCUT2D eigenvalue weighted by molar-refractivity contribution is 5.90. The van der Waals surface area contributed by atoms with Crippen LogP contribution in [0.5, 0.6) is 5.75 Å². The van der Waals surface area contributed by atoms with E-state index in [0.717, 1.165) is 17.0 Å². The van der Waals surface area contributed by atoms with Gasteiger partial charge in [0.1, 0.15) is 5.75 Å².